The number of hydrogen-bond donors (Lipinski definition) is 9. The van der Waals surface area contributed by atoms with Crippen LogP contribution in [0.15, 0.2) is 18.2 Å². The van der Waals surface area contributed by atoms with Gasteiger partial charge in [-0.25, -0.2) is 9.59 Å². The maximum atomic E-state index is 13.6. The summed E-state index contributed by atoms with van der Waals surface area (Å²) in [6.45, 7) is 3.52. The Morgan fingerprint density at radius 2 is 0.765 bits per heavy atom. The Balaban J connectivity index is 0.918. The van der Waals surface area contributed by atoms with Crippen molar-refractivity contribution in [3.8, 4) is 0 Å². The van der Waals surface area contributed by atoms with E-state index in [4.69, 9.17) is 28.4 Å². The second-order valence-electron chi connectivity index (χ2n) is 25.2. The van der Waals surface area contributed by atoms with E-state index in [9.17, 15) is 69.1 Å². The third-order valence-corrected chi connectivity index (χ3v) is 22.7. The smallest absolute Gasteiger partial charge is 0.315 e. The van der Waals surface area contributed by atoms with Crippen LogP contribution >= 0.6 is 23.5 Å². The minimum Gasteiger partial charge on any atom is -0.379 e. The molecule has 4 saturated heterocycles. The molecule has 0 bridgehead atoms. The van der Waals surface area contributed by atoms with Crippen molar-refractivity contribution in [2.24, 2.45) is 0 Å². The van der Waals surface area contributed by atoms with Crippen LogP contribution in [0.3, 0.4) is 0 Å². The van der Waals surface area contributed by atoms with Gasteiger partial charge in [-0.3, -0.25) is 42.7 Å². The Kier molecular flexibility index (Phi) is 40.7. The van der Waals surface area contributed by atoms with E-state index in [1.165, 1.54) is 12.1 Å². The highest BCUT2D eigenvalue weighted by Crippen LogP contribution is 2.34. The number of nitrogens with one attached hydrogen (secondary N) is 6. The highest BCUT2D eigenvalue weighted by molar-refractivity contribution is 8.00. The topological polar surface area (TPSA) is 418 Å². The number of rotatable bonds is 60. The second-order valence-corrected chi connectivity index (χ2v) is 31.0. The number of Topliss-reactive ketones (excluding diaryl/α,β-unsaturated/α-hetero) is 5. The van der Waals surface area contributed by atoms with Crippen molar-refractivity contribution in [1.29, 1.82) is 0 Å². The van der Waals surface area contributed by atoms with Gasteiger partial charge >= 0.3 is 12.1 Å². The molecule has 1 aromatic rings. The Morgan fingerprint density at radius 1 is 0.439 bits per heavy atom. The molecule has 0 aromatic heterocycles. The third-order valence-electron chi connectivity index (χ3n) is 17.4. The number of quaternary nitrogens is 1. The molecular weight excluding hydrogens is 1360 g/mol. The molecule has 0 spiro atoms. The number of urea groups is 2. The summed E-state index contributed by atoms with van der Waals surface area (Å²) in [6, 6.07) is 5.27. The normalized spacial score (nSPS) is 19.4. The molecule has 0 saturated carbocycles. The summed E-state index contributed by atoms with van der Waals surface area (Å²) in [7, 11) is -9.90. The van der Waals surface area contributed by atoms with Gasteiger partial charge in [0.15, 0.2) is 22.6 Å². The molecule has 0 radical (unpaired) electrons. The Morgan fingerprint density at radius 3 is 1.14 bits per heavy atom. The van der Waals surface area contributed by atoms with E-state index in [1.807, 2.05) is 28.8 Å². The quantitative estimate of drug-likeness (QED) is 0.0181. The summed E-state index contributed by atoms with van der Waals surface area (Å²) in [5.74, 6) is -0.693. The molecule has 6 amide bonds. The Labute approximate surface area is 586 Å². The minimum atomic E-state index is -5.03. The van der Waals surface area contributed by atoms with Gasteiger partial charge in [0.1, 0.15) is 18.1 Å². The highest BCUT2D eigenvalue weighted by atomic mass is 32.2. The summed E-state index contributed by atoms with van der Waals surface area (Å²) >= 11 is 3.78. The number of benzene rings is 1. The zero-order valence-electron chi connectivity index (χ0n) is 56.7. The molecule has 4 fully saturated rings. The fraction of sp³-hybridized carbons (Fsp3) is 0.773. The Hall–Kier alpha value is -4.71. The van der Waals surface area contributed by atoms with Crippen LogP contribution < -0.4 is 37.6 Å². The minimum absolute atomic E-state index is 0.00134. The van der Waals surface area contributed by atoms with E-state index >= 15 is 0 Å². The van der Waals surface area contributed by atoms with Crippen molar-refractivity contribution in [1.82, 2.24) is 31.9 Å². The van der Waals surface area contributed by atoms with E-state index in [2.05, 4.69) is 32.3 Å². The molecule has 28 nitrogen and oxygen atoms in total. The first-order valence-corrected chi connectivity index (χ1v) is 40.1. The largest absolute Gasteiger partial charge is 0.379 e. The number of carbonyl (C=O) groups excluding carboxylic acids is 9. The van der Waals surface area contributed by atoms with Crippen LogP contribution in [0.4, 0.5) is 9.59 Å². The predicted molar refractivity (Wildman–Crippen MR) is 370 cm³/mol. The average molecular weight is 1460 g/mol. The summed E-state index contributed by atoms with van der Waals surface area (Å²) < 4.78 is 99.6. The fourth-order valence-corrected chi connectivity index (χ4v) is 16.2. The summed E-state index contributed by atoms with van der Waals surface area (Å²) in [6.07, 6.45) is 16.4. The van der Waals surface area contributed by atoms with Crippen LogP contribution in [-0.4, -0.2) is 234 Å². The maximum absolute atomic E-state index is 13.6. The molecule has 556 valence electrons. The molecule has 1 aromatic carbocycles. The van der Waals surface area contributed by atoms with Crippen molar-refractivity contribution in [3.63, 3.8) is 0 Å². The molecule has 5 rings (SSSR count). The number of amides is 6. The summed E-state index contributed by atoms with van der Waals surface area (Å²) in [5, 5.41) is 12.9. The lowest BCUT2D eigenvalue weighted by molar-refractivity contribution is -0.365. The first kappa shape index (κ1) is 83.9. The standard InChI is InChI=1S/C66H107N7O21S4/c67-43-59(97(83,84)85)63(79)69-44-60(98(86,87)88)64(80)68-27-13-3-1-2-4-22-54(76)47-40-48(55(77)23-11-16-30-91-34-38-93-36-32-89-28-14-9-20-50(74)18-5-7-25-57-61-52(45-95-57)70-65(81)72-61)42-49(41-47)56(78)24-12-17-31-92-35-39-94-37-33-90-29-15-10-21-51(75)19-6-8-26-58-62-53(46-96-58)71-66(82)73-62/h40-42,52-53,57-62H,1-39,43-46,67H2,(H,68,80)(H,69,79)(H2,70,72,81)(H2,71,73,82)(H,83,84,85)(H,86,87,88)/p+1. The molecule has 4 aliphatic heterocycles. The molecule has 98 heavy (non-hydrogen) atoms. The Bertz CT molecular complexity index is 2780. The van der Waals surface area contributed by atoms with Gasteiger partial charge in [0, 0.05) is 123 Å². The van der Waals surface area contributed by atoms with Gasteiger partial charge in [0.2, 0.25) is 17.1 Å². The van der Waals surface area contributed by atoms with Crippen molar-refractivity contribution in [2.45, 2.75) is 212 Å². The van der Waals surface area contributed by atoms with Gasteiger partial charge in [-0.05, 0) is 108 Å². The lowest BCUT2D eigenvalue weighted by Crippen LogP contribution is -2.62. The van der Waals surface area contributed by atoms with Crippen molar-refractivity contribution in [3.05, 3.63) is 34.9 Å². The van der Waals surface area contributed by atoms with E-state index in [1.54, 1.807) is 6.07 Å². The van der Waals surface area contributed by atoms with Gasteiger partial charge < -0.3 is 66.1 Å². The molecule has 32 heteroatoms. The maximum Gasteiger partial charge on any atom is 0.315 e. The second kappa shape index (κ2) is 47.5. The van der Waals surface area contributed by atoms with E-state index in [0.717, 1.165) is 75.7 Å². The van der Waals surface area contributed by atoms with Crippen LogP contribution in [-0.2, 0) is 67.8 Å². The van der Waals surface area contributed by atoms with Crippen LogP contribution in [0.25, 0.3) is 0 Å². The lowest BCUT2D eigenvalue weighted by atomic mass is 9.94. The molecule has 8 atom stereocenters. The van der Waals surface area contributed by atoms with Gasteiger partial charge in [-0.15, -0.1) is 0 Å². The van der Waals surface area contributed by atoms with Crippen molar-refractivity contribution in [2.75, 3.05) is 110 Å². The van der Waals surface area contributed by atoms with Crippen LogP contribution in [0.5, 0.6) is 0 Å². The zero-order chi connectivity index (χ0) is 71.0. The van der Waals surface area contributed by atoms with E-state index < -0.39 is 55.6 Å². The van der Waals surface area contributed by atoms with Crippen LogP contribution in [0.1, 0.15) is 198 Å². The lowest BCUT2D eigenvalue weighted by Gasteiger charge is -2.16. The molecule has 4 aliphatic rings. The monoisotopic (exact) mass is 1460 g/mol. The first-order valence-electron chi connectivity index (χ1n) is 35.0. The summed E-state index contributed by atoms with van der Waals surface area (Å²) in [5.41, 5.74) is 4.04. The van der Waals surface area contributed by atoms with Crippen LogP contribution in [0.2, 0.25) is 0 Å². The number of ketones is 5. The van der Waals surface area contributed by atoms with Crippen LogP contribution in [0, 0.1) is 0 Å². The highest BCUT2D eigenvalue weighted by Gasteiger charge is 2.44. The number of thioether (sulfide) groups is 2. The van der Waals surface area contributed by atoms with Gasteiger partial charge in [-0.2, -0.15) is 40.4 Å². The number of fused-ring (bicyclic) bond motifs is 2. The van der Waals surface area contributed by atoms with Crippen molar-refractivity contribution < 1.29 is 103 Å². The average Bonchev–Trinajstić information content (AvgIpc) is 1.64. The van der Waals surface area contributed by atoms with E-state index in [0.29, 0.717) is 173 Å². The third kappa shape index (κ3) is 33.4. The fourth-order valence-electron chi connectivity index (χ4n) is 11.9. The molecule has 0 aliphatic carbocycles. The SMILES string of the molecule is [NH3+]CC(C(=O)NCC(C(=O)NCCCCCCCC(=O)c1cc(C(=O)CCCCOCCOCCOCCCCC(=O)CCCCC2SCC3NC(=O)NC32)cc(C(=O)CCCCOCCOCCOCCCCC(=O)CCCCC2SCC3NC(=O)NC32)c1)S(=O)(=O)O)S(=O)(=O)O. The number of ether oxygens (including phenoxy) is 6. The van der Waals surface area contributed by atoms with Gasteiger partial charge in [0.25, 0.3) is 20.2 Å². The number of carbonyl (C=O) groups is 9. The number of unbranched alkanes of at least 4 members (excludes halogenated alkanes) is 10. The first-order chi connectivity index (χ1) is 47.1. The summed E-state index contributed by atoms with van der Waals surface area (Å²) in [4.78, 5) is 114. The molecule has 8 unspecified atom stereocenters. The predicted octanol–water partition coefficient (Wildman–Crippen LogP) is 4.93. The molecular formula is C66H108N7O21S4+. The van der Waals surface area contributed by atoms with Gasteiger partial charge in [0.05, 0.1) is 77.0 Å². The molecule has 11 N–H and O–H groups in total. The zero-order valence-corrected chi connectivity index (χ0v) is 60.0. The molecule has 4 heterocycles. The van der Waals surface area contributed by atoms with E-state index in [-0.39, 0.29) is 108 Å². The number of hydrogen-bond acceptors (Lipinski definition) is 21. The van der Waals surface area contributed by atoms with Gasteiger partial charge in [-0.1, -0.05) is 32.1 Å². The van der Waals surface area contributed by atoms with Crippen molar-refractivity contribution >= 4 is 96.6 Å².